The molecule has 0 aliphatic heterocycles. The number of aromatic nitrogens is 2. The van der Waals surface area contributed by atoms with Gasteiger partial charge in [-0.25, -0.2) is 13.8 Å². The second-order valence-corrected chi connectivity index (χ2v) is 4.21. The van der Waals surface area contributed by atoms with Crippen LogP contribution in [0.1, 0.15) is 19.2 Å². The first-order valence-corrected chi connectivity index (χ1v) is 6.30. The van der Waals surface area contributed by atoms with E-state index in [-0.39, 0.29) is 11.6 Å². The number of aryl methyl sites for hydroxylation is 1. The molecule has 1 heterocycles. The topological polar surface area (TPSA) is 47.0 Å². The fraction of sp³-hybridized carbons (Fsp3) is 0.286. The summed E-state index contributed by atoms with van der Waals surface area (Å²) in [4.78, 5) is 8.48. The molecular formula is C14H15F2N3O. The Hall–Kier alpha value is -2.24. The van der Waals surface area contributed by atoms with Crippen LogP contribution in [-0.2, 0) is 6.42 Å². The lowest BCUT2D eigenvalue weighted by molar-refractivity contribution is 0.448. The molecule has 1 aromatic carbocycles. The van der Waals surface area contributed by atoms with Gasteiger partial charge in [-0.15, -0.1) is 0 Å². The van der Waals surface area contributed by atoms with Crippen LogP contribution < -0.4 is 10.1 Å². The van der Waals surface area contributed by atoms with Gasteiger partial charge in [-0.05, 0) is 6.42 Å². The third-order valence-electron chi connectivity index (χ3n) is 2.54. The Morgan fingerprint density at radius 3 is 2.40 bits per heavy atom. The molecule has 4 nitrogen and oxygen atoms in total. The Balaban J connectivity index is 2.29. The van der Waals surface area contributed by atoms with Crippen LogP contribution in [0.5, 0.6) is 11.6 Å². The third kappa shape index (κ3) is 3.63. The molecule has 1 N–H and O–H groups in total. The number of rotatable bonds is 5. The van der Waals surface area contributed by atoms with Crippen LogP contribution in [0.4, 0.5) is 14.6 Å². The lowest BCUT2D eigenvalue weighted by Crippen LogP contribution is -2.02. The largest absolute Gasteiger partial charge is 0.439 e. The molecule has 1 aromatic heterocycles. The molecule has 0 saturated heterocycles. The second-order valence-electron chi connectivity index (χ2n) is 4.21. The molecule has 2 rings (SSSR count). The summed E-state index contributed by atoms with van der Waals surface area (Å²) in [5, 5.41) is 2.90. The van der Waals surface area contributed by atoms with Gasteiger partial charge in [0.05, 0.1) is 0 Å². The first-order valence-electron chi connectivity index (χ1n) is 6.30. The Morgan fingerprint density at radius 2 is 1.80 bits per heavy atom. The lowest BCUT2D eigenvalue weighted by Gasteiger charge is -2.09. The first-order chi connectivity index (χ1) is 9.60. The van der Waals surface area contributed by atoms with Crippen LogP contribution in [0.2, 0.25) is 0 Å². The van der Waals surface area contributed by atoms with Gasteiger partial charge in [-0.2, -0.15) is 4.98 Å². The van der Waals surface area contributed by atoms with E-state index >= 15 is 0 Å². The first kappa shape index (κ1) is 14.2. The molecule has 0 radical (unpaired) electrons. The van der Waals surface area contributed by atoms with Gasteiger partial charge in [0.25, 0.3) is 0 Å². The van der Waals surface area contributed by atoms with Gasteiger partial charge in [0, 0.05) is 37.7 Å². The maximum Gasteiger partial charge on any atom is 0.224 e. The lowest BCUT2D eigenvalue weighted by atomic mass is 10.3. The van der Waals surface area contributed by atoms with Crippen LogP contribution in [0.25, 0.3) is 0 Å². The predicted molar refractivity (Wildman–Crippen MR) is 72.0 cm³/mol. The van der Waals surface area contributed by atoms with Crippen molar-refractivity contribution in [3.63, 3.8) is 0 Å². The Kier molecular flexibility index (Phi) is 4.45. The number of nitrogens with zero attached hydrogens (tertiary/aromatic N) is 2. The Morgan fingerprint density at radius 1 is 1.10 bits per heavy atom. The number of anilines is 1. The van der Waals surface area contributed by atoms with Crippen LogP contribution in [-0.4, -0.2) is 17.0 Å². The molecule has 0 unspecified atom stereocenters. The van der Waals surface area contributed by atoms with Gasteiger partial charge in [0.2, 0.25) is 5.88 Å². The fourth-order valence-corrected chi connectivity index (χ4v) is 1.70. The summed E-state index contributed by atoms with van der Waals surface area (Å²) >= 11 is 0. The minimum Gasteiger partial charge on any atom is -0.439 e. The zero-order valence-electron chi connectivity index (χ0n) is 11.3. The molecule has 0 bridgehead atoms. The standard InChI is InChI=1S/C14H15F2N3O/c1-3-4-12-18-13(17-2)8-14(19-12)20-11-6-9(15)5-10(16)7-11/h5-8H,3-4H2,1-2H3,(H,17,18,19). The number of halogens is 2. The predicted octanol–water partition coefficient (Wildman–Crippen LogP) is 3.54. The number of hydrogen-bond donors (Lipinski definition) is 1. The highest BCUT2D eigenvalue weighted by Crippen LogP contribution is 2.23. The summed E-state index contributed by atoms with van der Waals surface area (Å²) in [5.74, 6) is 0.124. The molecular weight excluding hydrogens is 264 g/mol. The minimum atomic E-state index is -0.698. The zero-order chi connectivity index (χ0) is 14.5. The van der Waals surface area contributed by atoms with E-state index in [0.717, 1.165) is 24.6 Å². The summed E-state index contributed by atoms with van der Waals surface area (Å²) < 4.78 is 31.6. The zero-order valence-corrected chi connectivity index (χ0v) is 11.3. The molecule has 2 aromatic rings. The van der Waals surface area contributed by atoms with E-state index in [1.54, 1.807) is 13.1 Å². The van der Waals surface area contributed by atoms with Gasteiger partial charge in [-0.1, -0.05) is 6.92 Å². The second kappa shape index (κ2) is 6.27. The number of hydrogen-bond acceptors (Lipinski definition) is 4. The van der Waals surface area contributed by atoms with Gasteiger partial charge >= 0.3 is 0 Å². The molecule has 6 heteroatoms. The van der Waals surface area contributed by atoms with Crippen LogP contribution in [0.15, 0.2) is 24.3 Å². The minimum absolute atomic E-state index is 0.0608. The van der Waals surface area contributed by atoms with Crippen molar-refractivity contribution >= 4 is 5.82 Å². The van der Waals surface area contributed by atoms with Crippen molar-refractivity contribution in [1.29, 1.82) is 0 Å². The smallest absolute Gasteiger partial charge is 0.224 e. The van der Waals surface area contributed by atoms with E-state index in [4.69, 9.17) is 4.74 Å². The van der Waals surface area contributed by atoms with Crippen molar-refractivity contribution in [2.45, 2.75) is 19.8 Å². The molecule has 0 saturated carbocycles. The van der Waals surface area contributed by atoms with Crippen molar-refractivity contribution in [3.8, 4) is 11.6 Å². The maximum absolute atomic E-state index is 13.1. The highest BCUT2D eigenvalue weighted by Gasteiger charge is 2.07. The highest BCUT2D eigenvalue weighted by atomic mass is 19.1. The van der Waals surface area contributed by atoms with Gasteiger partial charge in [0.15, 0.2) is 0 Å². The fourth-order valence-electron chi connectivity index (χ4n) is 1.70. The van der Waals surface area contributed by atoms with E-state index < -0.39 is 11.6 Å². The monoisotopic (exact) mass is 279 g/mol. The Bertz CT molecular complexity index is 585. The Labute approximate surface area is 115 Å². The van der Waals surface area contributed by atoms with E-state index in [1.165, 1.54) is 0 Å². The maximum atomic E-state index is 13.1. The summed E-state index contributed by atoms with van der Waals surface area (Å²) in [7, 11) is 1.73. The van der Waals surface area contributed by atoms with Crippen molar-refractivity contribution in [1.82, 2.24) is 9.97 Å². The molecule has 0 aliphatic rings. The SMILES string of the molecule is CCCc1nc(NC)cc(Oc2cc(F)cc(F)c2)n1. The van der Waals surface area contributed by atoms with Crippen molar-refractivity contribution in [2.75, 3.05) is 12.4 Å². The van der Waals surface area contributed by atoms with Gasteiger partial charge in [-0.3, -0.25) is 0 Å². The average Bonchev–Trinajstić information content (AvgIpc) is 2.37. The number of benzene rings is 1. The molecule has 0 fully saturated rings. The van der Waals surface area contributed by atoms with E-state index in [2.05, 4.69) is 15.3 Å². The third-order valence-corrected chi connectivity index (χ3v) is 2.54. The molecule has 0 amide bonds. The van der Waals surface area contributed by atoms with Crippen molar-refractivity contribution in [2.24, 2.45) is 0 Å². The van der Waals surface area contributed by atoms with Crippen LogP contribution >= 0.6 is 0 Å². The van der Waals surface area contributed by atoms with Crippen LogP contribution in [0, 0.1) is 11.6 Å². The molecule has 106 valence electrons. The molecule has 20 heavy (non-hydrogen) atoms. The van der Waals surface area contributed by atoms with Crippen molar-refractivity contribution < 1.29 is 13.5 Å². The van der Waals surface area contributed by atoms with E-state index in [1.807, 2.05) is 6.92 Å². The summed E-state index contributed by atoms with van der Waals surface area (Å²) in [6.45, 7) is 2.01. The van der Waals surface area contributed by atoms with Gasteiger partial charge in [0.1, 0.15) is 29.0 Å². The summed E-state index contributed by atoms with van der Waals surface area (Å²) in [6, 6.07) is 4.56. The number of ether oxygens (including phenoxy) is 1. The normalized spacial score (nSPS) is 10.4. The molecule has 0 atom stereocenters. The average molecular weight is 279 g/mol. The summed E-state index contributed by atoms with van der Waals surface area (Å²) in [6.07, 6.45) is 1.59. The number of nitrogens with one attached hydrogen (secondary N) is 1. The van der Waals surface area contributed by atoms with Crippen molar-refractivity contribution in [3.05, 3.63) is 41.7 Å². The van der Waals surface area contributed by atoms with E-state index in [0.29, 0.717) is 18.1 Å². The molecule has 0 aliphatic carbocycles. The van der Waals surface area contributed by atoms with E-state index in [9.17, 15) is 8.78 Å². The summed E-state index contributed by atoms with van der Waals surface area (Å²) in [5.41, 5.74) is 0. The quantitative estimate of drug-likeness (QED) is 0.909. The highest BCUT2D eigenvalue weighted by molar-refractivity contribution is 5.39. The van der Waals surface area contributed by atoms with Crippen LogP contribution in [0.3, 0.4) is 0 Å². The van der Waals surface area contributed by atoms with Gasteiger partial charge < -0.3 is 10.1 Å². The molecule has 0 spiro atoms.